The topological polar surface area (TPSA) is 236 Å². The van der Waals surface area contributed by atoms with Crippen molar-refractivity contribution >= 4 is 23.2 Å². The van der Waals surface area contributed by atoms with Crippen LogP contribution in [0.4, 0.5) is 17.6 Å². The highest BCUT2D eigenvalue weighted by Crippen LogP contribution is 2.36. The molecule has 0 aromatic heterocycles. The second-order valence-corrected chi connectivity index (χ2v) is 34.0. The maximum Gasteiger partial charge on any atom is 0.165 e. The lowest BCUT2D eigenvalue weighted by molar-refractivity contribution is 0.0404. The van der Waals surface area contributed by atoms with E-state index in [-0.39, 0.29) is 151 Å². The molecule has 22 heteroatoms. The minimum absolute atomic E-state index is 0. The third-order valence-electron chi connectivity index (χ3n) is 20.5. The summed E-state index contributed by atoms with van der Waals surface area (Å²) in [6.07, 6.45) is 22.7. The van der Waals surface area contributed by atoms with Crippen LogP contribution < -0.4 is 37.9 Å². The minimum atomic E-state index is -0.926. The third kappa shape index (κ3) is 53.7. The molecule has 0 radical (unpaired) electrons. The number of aryl methyl sites for hydroxylation is 6. The van der Waals surface area contributed by atoms with Crippen molar-refractivity contribution in [3.8, 4) is 46.0 Å². The van der Waals surface area contributed by atoms with Gasteiger partial charge in [-0.05, 0) is 257 Å². The second-order valence-electron chi connectivity index (χ2n) is 33.2. The number of unbranched alkanes of at least 4 members (excludes halogenated alkanes) is 7. The number of halogens is 6. The molecular weight excluding hydrogens is 1750 g/mol. The molecule has 0 amide bonds. The number of fused-ring (bicyclic) bond motifs is 1. The van der Waals surface area contributed by atoms with Gasteiger partial charge in [-0.15, -0.1) is 0 Å². The Bertz CT molecular complexity index is 4130. The molecule has 8 aromatic rings. The van der Waals surface area contributed by atoms with Crippen molar-refractivity contribution in [1.29, 1.82) is 0 Å². The second kappa shape index (κ2) is 79.1. The van der Waals surface area contributed by atoms with Crippen LogP contribution in [0.5, 0.6) is 46.0 Å². The van der Waals surface area contributed by atoms with E-state index in [9.17, 15) is 22.7 Å². The van der Waals surface area contributed by atoms with E-state index >= 15 is 0 Å². The fraction of sp³-hybridized carbons (Fsp3) is 0.571. The minimum Gasteiger partial charge on any atom is -0.488 e. The number of ether oxygens (including phenoxy) is 8. The van der Waals surface area contributed by atoms with E-state index in [2.05, 4.69) is 85.7 Å². The van der Waals surface area contributed by atoms with Crippen LogP contribution in [0.2, 0.25) is 10.0 Å². The van der Waals surface area contributed by atoms with Gasteiger partial charge in [0, 0.05) is 23.1 Å². The lowest BCUT2D eigenvalue weighted by atomic mass is 9.98. The van der Waals surface area contributed by atoms with Crippen LogP contribution in [-0.4, -0.2) is 142 Å². The number of benzene rings is 8. The molecule has 0 aliphatic carbocycles. The molecule has 0 bridgehead atoms. The van der Waals surface area contributed by atoms with E-state index in [1.807, 2.05) is 120 Å². The summed E-state index contributed by atoms with van der Waals surface area (Å²) in [5.41, 5.74) is 8.91. The molecule has 0 saturated carbocycles. The number of aliphatic hydroxyl groups excluding tert-OH is 8. The van der Waals surface area contributed by atoms with E-state index in [1.54, 1.807) is 39.0 Å². The quantitative estimate of drug-likeness (QED) is 0.0166. The monoisotopic (exact) mass is 1930 g/mol. The van der Waals surface area contributed by atoms with E-state index in [1.165, 1.54) is 72.6 Å². The molecule has 766 valence electrons. The molecule has 1 aliphatic rings. The van der Waals surface area contributed by atoms with E-state index in [4.69, 9.17) is 96.8 Å². The van der Waals surface area contributed by atoms with Gasteiger partial charge >= 0.3 is 0 Å². The SMILES string of the molecule is C.C.C.C.C.C.CCC(C)Cc1ccccc1OC(C)CO.CCCCc1c(F)cccc1OC(C)CO.CCCCc1cc(F)c(F)cc1OC(C)CO.CCCCc1ccc(Cl)cc1OC(C)CO.CCCCc1cccc(Cl)c1OC(C)CO.CCCCc1cccc(F)c1OC(C)CO.CCCCc1cccc2c1OC(CO)C2.CCCCc1ccccc1OC(C)(C)CO. The number of rotatable bonds is 46. The van der Waals surface area contributed by atoms with E-state index in [0.717, 1.165) is 161 Å². The zero-order valence-electron chi connectivity index (χ0n) is 79.8. The first-order valence-corrected chi connectivity index (χ1v) is 47.2. The van der Waals surface area contributed by atoms with Crippen LogP contribution >= 0.6 is 23.2 Å². The molecule has 9 rings (SSSR count). The summed E-state index contributed by atoms with van der Waals surface area (Å²) in [5.74, 6) is 3.81. The standard InChI is InChI=1S/2C14H22O2.2C13H19ClO2.C13H18F2O2.2C13H19FO2.C13H18O2.6CH4/c1-4-11(2)9-13-7-5-6-8-14(13)16-12(3)10-15;1-4-5-8-12-9-6-7-10-13(12)16-14(2,3)11-15;1-3-4-6-11-7-5-8-12(14)13(11)16-10(2)9-15;1-3-4-5-11-6-7-12(14)8-13(11)16-10(2)9-15;1-3-4-5-10-6-11(14)12(15)7-13(10)17-9(2)8-16;1-3-4-6-11-12(14)7-5-8-13(11)16-10(2)9-15;1-3-4-6-11-7-5-8-12(14)13(11)16-10(2)9-15;1-2-3-5-10-6-4-7-11-8-12(9-14)15-13(10)11;;;;;;/h5-8,11-12,15H,4,9-10H2,1-3H3;6-7,9-10,15H,4-5,8,11H2,1-3H3;5,7-8,10,15H,3-4,6,9H2,1-2H3;6-8,10,15H,3-5,9H2,1-2H3;6-7,9,16H,3-5,8H2,1-2H3;2*5,7-8,10,15H,3-4,6,9H2,1-2H3;4,6-7,12,14H,2-3,5,8-9H2,1H3;6*1H4. The molecule has 8 atom stereocenters. The summed E-state index contributed by atoms with van der Waals surface area (Å²) in [6, 6.07) is 45.9. The first kappa shape index (κ1) is 135. The molecule has 16 nitrogen and oxygen atoms in total. The van der Waals surface area contributed by atoms with Gasteiger partial charge in [0.2, 0.25) is 0 Å². The van der Waals surface area contributed by atoms with Gasteiger partial charge in [0.1, 0.15) is 94.4 Å². The van der Waals surface area contributed by atoms with Gasteiger partial charge in [-0.1, -0.05) is 272 Å². The summed E-state index contributed by atoms with van der Waals surface area (Å²) in [6.45, 7) is 33.7. The van der Waals surface area contributed by atoms with Crippen molar-refractivity contribution in [2.45, 2.75) is 365 Å². The number of aliphatic hydroxyl groups is 8. The zero-order chi connectivity index (χ0) is 95.4. The summed E-state index contributed by atoms with van der Waals surface area (Å²) in [4.78, 5) is 0. The molecule has 134 heavy (non-hydrogen) atoms. The van der Waals surface area contributed by atoms with Gasteiger partial charge in [0.05, 0.1) is 57.9 Å². The van der Waals surface area contributed by atoms with Crippen LogP contribution in [0.25, 0.3) is 0 Å². The molecule has 0 saturated heterocycles. The Labute approximate surface area is 819 Å². The molecule has 8 unspecified atom stereocenters. The van der Waals surface area contributed by atoms with Crippen LogP contribution in [0.15, 0.2) is 152 Å². The highest BCUT2D eigenvalue weighted by atomic mass is 35.5. The van der Waals surface area contributed by atoms with Crippen molar-refractivity contribution in [2.24, 2.45) is 5.92 Å². The highest BCUT2D eigenvalue weighted by Gasteiger charge is 2.25. The molecule has 1 aliphatic heterocycles. The Morgan fingerprint density at radius 1 is 0.358 bits per heavy atom. The fourth-order valence-corrected chi connectivity index (χ4v) is 13.0. The predicted octanol–water partition coefficient (Wildman–Crippen LogP) is 28.2. The zero-order valence-corrected chi connectivity index (χ0v) is 81.3. The van der Waals surface area contributed by atoms with E-state index < -0.39 is 23.3 Å². The van der Waals surface area contributed by atoms with Gasteiger partial charge in [-0.25, -0.2) is 17.6 Å². The van der Waals surface area contributed by atoms with Crippen LogP contribution in [0.3, 0.4) is 0 Å². The summed E-state index contributed by atoms with van der Waals surface area (Å²) >= 11 is 12.0. The van der Waals surface area contributed by atoms with Crippen molar-refractivity contribution in [3.05, 3.63) is 235 Å². The lowest BCUT2D eigenvalue weighted by Crippen LogP contribution is -2.32. The van der Waals surface area contributed by atoms with Crippen molar-refractivity contribution < 1.29 is 96.3 Å². The Balaban J connectivity index is -0.000000470. The Morgan fingerprint density at radius 3 is 1.22 bits per heavy atom. The fourth-order valence-electron chi connectivity index (χ4n) is 12.6. The van der Waals surface area contributed by atoms with Gasteiger partial charge in [-0.2, -0.15) is 0 Å². The normalized spacial score (nSPS) is 12.8. The van der Waals surface area contributed by atoms with Crippen molar-refractivity contribution in [2.75, 3.05) is 52.9 Å². The summed E-state index contributed by atoms with van der Waals surface area (Å²) < 4.78 is 98.2. The first-order chi connectivity index (χ1) is 61.4. The molecule has 8 N–H and O–H groups in total. The predicted molar refractivity (Wildman–Crippen MR) is 555 cm³/mol. The van der Waals surface area contributed by atoms with Gasteiger partial charge in [0.25, 0.3) is 0 Å². The molecule has 0 fully saturated rings. The average molecular weight is 1930 g/mol. The highest BCUT2D eigenvalue weighted by molar-refractivity contribution is 6.32. The van der Waals surface area contributed by atoms with E-state index in [0.29, 0.717) is 51.4 Å². The molecule has 8 aromatic carbocycles. The largest absolute Gasteiger partial charge is 0.488 e. The Morgan fingerprint density at radius 2 is 0.724 bits per heavy atom. The molecule has 1 heterocycles. The van der Waals surface area contributed by atoms with Gasteiger partial charge in [-0.3, -0.25) is 0 Å². The van der Waals surface area contributed by atoms with Crippen molar-refractivity contribution in [3.63, 3.8) is 0 Å². The molecule has 0 spiro atoms. The number of hydrogen-bond donors (Lipinski definition) is 8. The van der Waals surface area contributed by atoms with Crippen molar-refractivity contribution in [1.82, 2.24) is 0 Å². The Kier molecular flexibility index (Phi) is 79.5. The average Bonchev–Trinajstić information content (AvgIpc) is 1.86. The number of hydrogen-bond acceptors (Lipinski definition) is 16. The van der Waals surface area contributed by atoms with Crippen LogP contribution in [-0.2, 0) is 57.8 Å². The van der Waals surface area contributed by atoms with Gasteiger partial charge < -0.3 is 78.7 Å². The lowest BCUT2D eigenvalue weighted by Gasteiger charge is -2.25. The summed E-state index contributed by atoms with van der Waals surface area (Å²) in [5, 5.41) is 73.2. The molecular formula is C112H180Cl2F4O16. The van der Waals surface area contributed by atoms with Crippen LogP contribution in [0.1, 0.15) is 309 Å². The summed E-state index contributed by atoms with van der Waals surface area (Å²) in [7, 11) is 0. The Hall–Kier alpha value is -7.86. The van der Waals surface area contributed by atoms with Gasteiger partial charge in [0.15, 0.2) is 23.2 Å². The number of para-hydroxylation sites is 5. The maximum absolute atomic E-state index is 13.6. The van der Waals surface area contributed by atoms with Crippen LogP contribution in [0, 0.1) is 29.2 Å². The maximum atomic E-state index is 13.6. The first-order valence-electron chi connectivity index (χ1n) is 46.5. The smallest absolute Gasteiger partial charge is 0.165 e. The third-order valence-corrected chi connectivity index (χ3v) is 21.0.